The van der Waals surface area contributed by atoms with Gasteiger partial charge in [0.05, 0.1) is 63.1 Å². The third kappa shape index (κ3) is 18.8. The second-order valence-electron chi connectivity index (χ2n) is 10.9. The fraction of sp³-hybridized carbons (Fsp3) is 0.629. The number of anilines is 2. The molecule has 0 aromatic heterocycles. The zero-order valence-electron chi connectivity index (χ0n) is 26.8. The monoisotopic (exact) mass is 639 g/mol. The van der Waals surface area contributed by atoms with Crippen LogP contribution in [0.1, 0.15) is 93.5 Å². The largest absolute Gasteiger partial charge is 0.460 e. The molecule has 0 heterocycles. The van der Waals surface area contributed by atoms with Crippen LogP contribution in [-0.2, 0) is 29.9 Å². The molecule has 0 bridgehead atoms. The number of hydrogen-bond donors (Lipinski definition) is 1. The molecular weight excluding hydrogens is 587 g/mol. The first-order chi connectivity index (χ1) is 21.9. The van der Waals surface area contributed by atoms with Crippen LogP contribution in [0, 0.1) is 0 Å². The lowest BCUT2D eigenvalue weighted by Crippen LogP contribution is -2.15. The third-order valence-electron chi connectivity index (χ3n) is 7.08. The first kappa shape index (κ1) is 38.5. The fourth-order valence-electron chi connectivity index (χ4n) is 4.60. The summed E-state index contributed by atoms with van der Waals surface area (Å²) in [6, 6.07) is 11.2. The van der Waals surface area contributed by atoms with E-state index in [9.17, 15) is 18.0 Å². The number of ether oxygens (including phenoxy) is 5. The third-order valence-corrected chi connectivity index (χ3v) is 7.08. The quantitative estimate of drug-likeness (QED) is 0.0773. The summed E-state index contributed by atoms with van der Waals surface area (Å²) in [5.41, 5.74) is -0.0232. The lowest BCUT2D eigenvalue weighted by Gasteiger charge is -2.13. The van der Waals surface area contributed by atoms with Gasteiger partial charge in [-0.3, -0.25) is 0 Å². The standard InChI is InChI=1S/C35H52F3NO6/c1-2-3-4-5-6-7-8-9-10-11-14-20-41-21-22-42-23-24-43-25-26-44-27-28-45-34(40)32-18-12-13-19-33(32)39-31-17-15-16-30(29-31)35(36,37)38/h12-13,15-19,29,39H,2-11,14,20-28H2,1H3. The maximum absolute atomic E-state index is 13.0. The van der Waals surface area contributed by atoms with Crippen molar-refractivity contribution in [3.05, 3.63) is 59.7 Å². The van der Waals surface area contributed by atoms with Gasteiger partial charge in [0.25, 0.3) is 0 Å². The Morgan fingerprint density at radius 1 is 0.622 bits per heavy atom. The van der Waals surface area contributed by atoms with Crippen molar-refractivity contribution >= 4 is 17.3 Å². The Labute approximate surface area is 267 Å². The SMILES string of the molecule is CCCCCCCCCCCCCOCCOCCOCCOCCOC(=O)c1ccccc1Nc1cccc(C(F)(F)F)c1. The Kier molecular flexibility index (Phi) is 21.0. The van der Waals surface area contributed by atoms with Crippen LogP contribution in [0.5, 0.6) is 0 Å². The summed E-state index contributed by atoms with van der Waals surface area (Å²) in [4.78, 5) is 12.6. The van der Waals surface area contributed by atoms with Crippen LogP contribution < -0.4 is 5.32 Å². The minimum atomic E-state index is -4.46. The highest BCUT2D eigenvalue weighted by molar-refractivity contribution is 5.96. The predicted octanol–water partition coefficient (Wildman–Crippen LogP) is 8.98. The van der Waals surface area contributed by atoms with E-state index in [-0.39, 0.29) is 24.5 Å². The average Bonchev–Trinajstić information content (AvgIpc) is 3.03. The Bertz CT molecular complexity index is 1040. The molecule has 0 aliphatic heterocycles. The molecule has 0 amide bonds. The Hall–Kier alpha value is -2.66. The Morgan fingerprint density at radius 2 is 1.13 bits per heavy atom. The predicted molar refractivity (Wildman–Crippen MR) is 171 cm³/mol. The molecule has 2 aromatic rings. The number of carbonyl (C=O) groups is 1. The number of rotatable bonds is 27. The van der Waals surface area contributed by atoms with Gasteiger partial charge in [0.2, 0.25) is 0 Å². The van der Waals surface area contributed by atoms with E-state index >= 15 is 0 Å². The van der Waals surface area contributed by atoms with Gasteiger partial charge in [-0.25, -0.2) is 4.79 Å². The van der Waals surface area contributed by atoms with Crippen molar-refractivity contribution in [3.8, 4) is 0 Å². The molecule has 45 heavy (non-hydrogen) atoms. The molecule has 0 unspecified atom stereocenters. The van der Waals surface area contributed by atoms with E-state index < -0.39 is 17.7 Å². The summed E-state index contributed by atoms with van der Waals surface area (Å²) < 4.78 is 66.4. The van der Waals surface area contributed by atoms with Crippen LogP contribution in [-0.4, -0.2) is 65.4 Å². The first-order valence-electron chi connectivity index (χ1n) is 16.4. The number of halogens is 3. The molecule has 0 radical (unpaired) electrons. The molecular formula is C35H52F3NO6. The number of nitrogens with one attached hydrogen (secondary N) is 1. The number of unbranched alkanes of at least 4 members (excludes halogenated alkanes) is 10. The highest BCUT2D eigenvalue weighted by Gasteiger charge is 2.30. The van der Waals surface area contributed by atoms with Gasteiger partial charge in [-0.05, 0) is 36.8 Å². The molecule has 0 aliphatic carbocycles. The van der Waals surface area contributed by atoms with Crippen LogP contribution in [0.15, 0.2) is 48.5 Å². The van der Waals surface area contributed by atoms with Crippen molar-refractivity contribution in [3.63, 3.8) is 0 Å². The van der Waals surface area contributed by atoms with Crippen LogP contribution in [0.3, 0.4) is 0 Å². The van der Waals surface area contributed by atoms with E-state index in [0.717, 1.165) is 25.2 Å². The molecule has 254 valence electrons. The summed E-state index contributed by atoms with van der Waals surface area (Å²) in [7, 11) is 0. The van der Waals surface area contributed by atoms with E-state index in [4.69, 9.17) is 23.7 Å². The van der Waals surface area contributed by atoms with E-state index in [2.05, 4.69) is 12.2 Å². The van der Waals surface area contributed by atoms with Gasteiger partial charge in [0.1, 0.15) is 6.61 Å². The van der Waals surface area contributed by atoms with E-state index in [1.54, 1.807) is 24.3 Å². The van der Waals surface area contributed by atoms with Gasteiger partial charge in [0, 0.05) is 12.3 Å². The van der Waals surface area contributed by atoms with Crippen molar-refractivity contribution < 1.29 is 41.7 Å². The molecule has 1 N–H and O–H groups in total. The number of alkyl halides is 3. The van der Waals surface area contributed by atoms with E-state index in [0.29, 0.717) is 45.3 Å². The van der Waals surface area contributed by atoms with Crippen LogP contribution in [0.2, 0.25) is 0 Å². The minimum absolute atomic E-state index is 0.0268. The zero-order chi connectivity index (χ0) is 32.4. The maximum Gasteiger partial charge on any atom is 0.416 e. The lowest BCUT2D eigenvalue weighted by molar-refractivity contribution is -0.137. The molecule has 2 aromatic carbocycles. The van der Waals surface area contributed by atoms with Crippen molar-refractivity contribution in [2.24, 2.45) is 0 Å². The van der Waals surface area contributed by atoms with Crippen molar-refractivity contribution in [2.45, 2.75) is 83.7 Å². The molecule has 0 saturated heterocycles. The smallest absolute Gasteiger partial charge is 0.416 e. The molecule has 7 nitrogen and oxygen atoms in total. The number of para-hydroxylation sites is 1. The zero-order valence-corrected chi connectivity index (χ0v) is 26.8. The highest BCUT2D eigenvalue weighted by Crippen LogP contribution is 2.32. The lowest BCUT2D eigenvalue weighted by atomic mass is 10.1. The van der Waals surface area contributed by atoms with Crippen LogP contribution in [0.25, 0.3) is 0 Å². The Balaban J connectivity index is 1.40. The van der Waals surface area contributed by atoms with Gasteiger partial charge in [-0.1, -0.05) is 89.3 Å². The highest BCUT2D eigenvalue weighted by atomic mass is 19.4. The summed E-state index contributed by atoms with van der Waals surface area (Å²) in [5, 5.41) is 2.87. The van der Waals surface area contributed by atoms with Gasteiger partial charge in [-0.2, -0.15) is 13.2 Å². The van der Waals surface area contributed by atoms with Crippen LogP contribution in [0.4, 0.5) is 24.5 Å². The molecule has 10 heteroatoms. The molecule has 2 rings (SSSR count). The van der Waals surface area contributed by atoms with Crippen LogP contribution >= 0.6 is 0 Å². The summed E-state index contributed by atoms with van der Waals surface area (Å²) in [5.74, 6) is -0.607. The number of carbonyl (C=O) groups excluding carboxylic acids is 1. The normalized spacial score (nSPS) is 11.6. The van der Waals surface area contributed by atoms with Gasteiger partial charge in [0.15, 0.2) is 0 Å². The molecule has 0 spiro atoms. The first-order valence-corrected chi connectivity index (χ1v) is 16.4. The van der Waals surface area contributed by atoms with Crippen molar-refractivity contribution in [1.82, 2.24) is 0 Å². The topological polar surface area (TPSA) is 75.2 Å². The maximum atomic E-state index is 13.0. The van der Waals surface area contributed by atoms with Crippen molar-refractivity contribution in [1.29, 1.82) is 0 Å². The minimum Gasteiger partial charge on any atom is -0.460 e. The van der Waals surface area contributed by atoms with Gasteiger partial charge < -0.3 is 29.0 Å². The van der Waals surface area contributed by atoms with Gasteiger partial charge >= 0.3 is 12.1 Å². The summed E-state index contributed by atoms with van der Waals surface area (Å²) >= 11 is 0. The summed E-state index contributed by atoms with van der Waals surface area (Å²) in [6.07, 6.45) is 10.1. The average molecular weight is 640 g/mol. The second kappa shape index (κ2) is 24.6. The number of benzene rings is 2. The van der Waals surface area contributed by atoms with E-state index in [1.165, 1.54) is 76.3 Å². The summed E-state index contributed by atoms with van der Waals surface area (Å²) in [6.45, 7) is 6.04. The number of hydrogen-bond acceptors (Lipinski definition) is 7. The molecule has 0 saturated carbocycles. The molecule has 0 aliphatic rings. The van der Waals surface area contributed by atoms with E-state index in [1.807, 2.05) is 0 Å². The number of esters is 1. The second-order valence-corrected chi connectivity index (χ2v) is 10.9. The Morgan fingerprint density at radius 3 is 1.71 bits per heavy atom. The molecule has 0 atom stereocenters. The fourth-order valence-corrected chi connectivity index (χ4v) is 4.60. The van der Waals surface area contributed by atoms with Gasteiger partial charge in [-0.15, -0.1) is 0 Å². The van der Waals surface area contributed by atoms with Crippen molar-refractivity contribution in [2.75, 3.05) is 64.8 Å². The molecule has 0 fully saturated rings.